The van der Waals surface area contributed by atoms with Gasteiger partial charge < -0.3 is 18.9 Å². The van der Waals surface area contributed by atoms with Gasteiger partial charge in [0.05, 0.1) is 52.2 Å². The Morgan fingerprint density at radius 2 is 1.76 bits per heavy atom. The average Bonchev–Trinajstić information content (AvgIpc) is 3.38. The van der Waals surface area contributed by atoms with Crippen LogP contribution in [-0.2, 0) is 14.3 Å². The Labute approximate surface area is 217 Å². The van der Waals surface area contributed by atoms with E-state index in [0.717, 1.165) is 36.2 Å². The molecular formula is C28H35N3O6. The lowest BCUT2D eigenvalue weighted by Gasteiger charge is -2.32. The third kappa shape index (κ3) is 5.88. The SMILES string of the molecule is CCOC(=O)C1CCCN(CC(=O)N2N=C(c3ccc(OC)c(OC)c3)CC2c2ccccc2OC)C1. The Bertz CT molecular complexity index is 1150. The minimum absolute atomic E-state index is 0.129. The first-order chi connectivity index (χ1) is 18.0. The van der Waals surface area contributed by atoms with E-state index in [4.69, 9.17) is 24.0 Å². The number of esters is 1. The van der Waals surface area contributed by atoms with Gasteiger partial charge in [0, 0.05) is 24.1 Å². The maximum absolute atomic E-state index is 13.7. The number of carbonyl (C=O) groups excluding carboxylic acids is 2. The Morgan fingerprint density at radius 1 is 1.00 bits per heavy atom. The topological polar surface area (TPSA) is 89.9 Å². The van der Waals surface area contributed by atoms with Gasteiger partial charge in [0.1, 0.15) is 5.75 Å². The highest BCUT2D eigenvalue weighted by Crippen LogP contribution is 2.39. The molecule has 0 N–H and O–H groups in total. The number of benzene rings is 2. The van der Waals surface area contributed by atoms with Crippen molar-refractivity contribution in [1.29, 1.82) is 0 Å². The van der Waals surface area contributed by atoms with Crippen molar-refractivity contribution in [2.75, 3.05) is 47.6 Å². The van der Waals surface area contributed by atoms with E-state index in [9.17, 15) is 9.59 Å². The normalized spacial score (nSPS) is 19.8. The van der Waals surface area contributed by atoms with Crippen LogP contribution in [0.3, 0.4) is 0 Å². The van der Waals surface area contributed by atoms with E-state index in [1.807, 2.05) is 47.4 Å². The van der Waals surface area contributed by atoms with Gasteiger partial charge in [0.25, 0.3) is 5.91 Å². The molecule has 9 heteroatoms. The van der Waals surface area contributed by atoms with Gasteiger partial charge in [-0.05, 0) is 50.6 Å². The van der Waals surface area contributed by atoms with E-state index in [0.29, 0.717) is 36.8 Å². The van der Waals surface area contributed by atoms with Crippen molar-refractivity contribution in [3.63, 3.8) is 0 Å². The van der Waals surface area contributed by atoms with E-state index in [1.54, 1.807) is 33.3 Å². The molecule has 198 valence electrons. The standard InChI is InChI=1S/C28H35N3O6/c1-5-37-28(33)20-9-8-14-30(17-20)18-27(32)31-23(21-10-6-7-11-24(21)34-2)16-22(29-31)19-12-13-25(35-3)26(15-19)36-4/h6-7,10-13,15,20,23H,5,8-9,14,16-18H2,1-4H3. The number of nitrogens with zero attached hydrogens (tertiary/aromatic N) is 3. The molecule has 0 aromatic heterocycles. The van der Waals surface area contributed by atoms with Crippen molar-refractivity contribution >= 4 is 17.6 Å². The van der Waals surface area contributed by atoms with E-state index >= 15 is 0 Å². The predicted octanol–water partition coefficient (Wildman–Crippen LogP) is 3.67. The zero-order valence-corrected chi connectivity index (χ0v) is 21.9. The van der Waals surface area contributed by atoms with Crippen LogP contribution in [0.25, 0.3) is 0 Å². The van der Waals surface area contributed by atoms with Crippen LogP contribution in [-0.4, -0.2) is 75.1 Å². The first kappa shape index (κ1) is 26.5. The summed E-state index contributed by atoms with van der Waals surface area (Å²) in [5, 5.41) is 6.37. The van der Waals surface area contributed by atoms with Crippen LogP contribution >= 0.6 is 0 Å². The number of methoxy groups -OCH3 is 3. The van der Waals surface area contributed by atoms with Crippen molar-refractivity contribution in [3.8, 4) is 17.2 Å². The number of para-hydroxylation sites is 1. The Kier molecular flexibility index (Phi) is 8.66. The molecule has 4 rings (SSSR count). The summed E-state index contributed by atoms with van der Waals surface area (Å²) < 4.78 is 21.7. The molecule has 9 nitrogen and oxygen atoms in total. The van der Waals surface area contributed by atoms with E-state index < -0.39 is 0 Å². The summed E-state index contributed by atoms with van der Waals surface area (Å²) in [5.41, 5.74) is 2.52. The minimum atomic E-state index is -0.322. The molecule has 0 spiro atoms. The summed E-state index contributed by atoms with van der Waals surface area (Å²) in [6.45, 7) is 3.59. The summed E-state index contributed by atoms with van der Waals surface area (Å²) in [6.07, 6.45) is 2.14. The lowest BCUT2D eigenvalue weighted by atomic mass is 9.97. The maximum atomic E-state index is 13.7. The highest BCUT2D eigenvalue weighted by Gasteiger charge is 2.36. The van der Waals surface area contributed by atoms with Crippen LogP contribution in [0.2, 0.25) is 0 Å². The molecule has 0 bridgehead atoms. The number of hydrogen-bond donors (Lipinski definition) is 0. The van der Waals surface area contributed by atoms with Gasteiger partial charge in [0.15, 0.2) is 11.5 Å². The van der Waals surface area contributed by atoms with Crippen LogP contribution in [0.5, 0.6) is 17.2 Å². The number of ether oxygens (including phenoxy) is 4. The van der Waals surface area contributed by atoms with Crippen LogP contribution in [0, 0.1) is 5.92 Å². The van der Waals surface area contributed by atoms with Gasteiger partial charge in [-0.3, -0.25) is 14.5 Å². The Hall–Kier alpha value is -3.59. The summed E-state index contributed by atoms with van der Waals surface area (Å²) >= 11 is 0. The number of hydrogen-bond acceptors (Lipinski definition) is 8. The fraction of sp³-hybridized carbons (Fsp3) is 0.464. The molecule has 2 aromatic rings. The number of hydrazone groups is 1. The summed E-state index contributed by atoms with van der Waals surface area (Å²) in [4.78, 5) is 28.0. The van der Waals surface area contributed by atoms with Gasteiger partial charge in [0.2, 0.25) is 0 Å². The molecule has 0 radical (unpaired) electrons. The van der Waals surface area contributed by atoms with Gasteiger partial charge >= 0.3 is 5.97 Å². The van der Waals surface area contributed by atoms with Crippen LogP contribution in [0.4, 0.5) is 0 Å². The summed E-state index contributed by atoms with van der Waals surface area (Å²) in [5.74, 6) is 1.39. The van der Waals surface area contributed by atoms with Gasteiger partial charge in [-0.1, -0.05) is 18.2 Å². The van der Waals surface area contributed by atoms with Crippen molar-refractivity contribution in [1.82, 2.24) is 9.91 Å². The lowest BCUT2D eigenvalue weighted by molar-refractivity contribution is -0.150. The zero-order chi connectivity index (χ0) is 26.4. The number of amides is 1. The molecule has 2 aromatic carbocycles. The first-order valence-electron chi connectivity index (χ1n) is 12.6. The lowest BCUT2D eigenvalue weighted by Crippen LogP contribution is -2.44. The van der Waals surface area contributed by atoms with Gasteiger partial charge in [-0.2, -0.15) is 5.10 Å². The Balaban J connectivity index is 1.60. The molecule has 2 heterocycles. The van der Waals surface area contributed by atoms with Crippen LogP contribution in [0.1, 0.15) is 43.4 Å². The van der Waals surface area contributed by atoms with Crippen molar-refractivity contribution in [2.24, 2.45) is 11.0 Å². The molecule has 2 atom stereocenters. The predicted molar refractivity (Wildman–Crippen MR) is 139 cm³/mol. The van der Waals surface area contributed by atoms with Crippen molar-refractivity contribution < 1.29 is 28.5 Å². The van der Waals surface area contributed by atoms with Gasteiger partial charge in [-0.25, -0.2) is 5.01 Å². The number of carbonyl (C=O) groups is 2. The zero-order valence-electron chi connectivity index (χ0n) is 21.9. The molecule has 2 unspecified atom stereocenters. The smallest absolute Gasteiger partial charge is 0.310 e. The first-order valence-corrected chi connectivity index (χ1v) is 12.6. The fourth-order valence-corrected chi connectivity index (χ4v) is 5.03. The van der Waals surface area contributed by atoms with E-state index in [1.165, 1.54) is 0 Å². The molecule has 1 fully saturated rings. The molecule has 1 amide bonds. The van der Waals surface area contributed by atoms with E-state index in [-0.39, 0.29) is 30.4 Å². The summed E-state index contributed by atoms with van der Waals surface area (Å²) in [7, 11) is 4.81. The number of piperidine rings is 1. The average molecular weight is 510 g/mol. The molecule has 2 aliphatic heterocycles. The second kappa shape index (κ2) is 12.1. The highest BCUT2D eigenvalue weighted by atomic mass is 16.5. The van der Waals surface area contributed by atoms with Gasteiger partial charge in [-0.15, -0.1) is 0 Å². The molecular weight excluding hydrogens is 474 g/mol. The second-order valence-corrected chi connectivity index (χ2v) is 9.14. The molecule has 0 saturated carbocycles. The third-order valence-electron chi connectivity index (χ3n) is 6.86. The van der Waals surface area contributed by atoms with Crippen LogP contribution < -0.4 is 14.2 Å². The largest absolute Gasteiger partial charge is 0.496 e. The van der Waals surface area contributed by atoms with Crippen molar-refractivity contribution in [2.45, 2.75) is 32.2 Å². The quantitative estimate of drug-likeness (QED) is 0.477. The monoisotopic (exact) mass is 509 g/mol. The highest BCUT2D eigenvalue weighted by molar-refractivity contribution is 6.03. The van der Waals surface area contributed by atoms with Crippen molar-refractivity contribution in [3.05, 3.63) is 53.6 Å². The number of rotatable bonds is 9. The minimum Gasteiger partial charge on any atom is -0.496 e. The molecule has 37 heavy (non-hydrogen) atoms. The maximum Gasteiger partial charge on any atom is 0.310 e. The fourth-order valence-electron chi connectivity index (χ4n) is 5.03. The molecule has 0 aliphatic carbocycles. The summed E-state index contributed by atoms with van der Waals surface area (Å²) in [6, 6.07) is 13.0. The Morgan fingerprint density at radius 3 is 2.49 bits per heavy atom. The molecule has 2 aliphatic rings. The van der Waals surface area contributed by atoms with Crippen LogP contribution in [0.15, 0.2) is 47.6 Å². The third-order valence-corrected chi connectivity index (χ3v) is 6.86. The molecule has 1 saturated heterocycles. The van der Waals surface area contributed by atoms with E-state index in [2.05, 4.69) is 0 Å². The second-order valence-electron chi connectivity index (χ2n) is 9.14. The number of likely N-dealkylation sites (tertiary alicyclic amines) is 1.